The Balaban J connectivity index is 2.14. The molecule has 0 saturated heterocycles. The third kappa shape index (κ3) is 3.38. The Morgan fingerprint density at radius 2 is 1.84 bits per heavy atom. The van der Waals surface area contributed by atoms with Gasteiger partial charge in [0.25, 0.3) is 0 Å². The molecule has 0 saturated carbocycles. The highest BCUT2D eigenvalue weighted by Crippen LogP contribution is 2.21. The van der Waals surface area contributed by atoms with E-state index in [1.165, 1.54) is 11.3 Å². The number of carbonyl (C=O) groups excluding carboxylic acids is 2. The average Bonchev–Trinajstić information content (AvgIpc) is 2.91. The molecule has 0 amide bonds. The quantitative estimate of drug-likeness (QED) is 0.769. The molecule has 0 aliphatic heterocycles. The Morgan fingerprint density at radius 1 is 1.16 bits per heavy atom. The lowest BCUT2D eigenvalue weighted by Crippen LogP contribution is -2.02. The van der Waals surface area contributed by atoms with Crippen LogP contribution < -0.4 is 0 Å². The van der Waals surface area contributed by atoms with Gasteiger partial charge in [-0.05, 0) is 29.9 Å². The molecule has 2 nitrogen and oxygen atoms in total. The Labute approximate surface area is 117 Å². The minimum atomic E-state index is 0.0563. The van der Waals surface area contributed by atoms with Crippen molar-refractivity contribution in [2.45, 2.75) is 26.2 Å². The molecule has 1 heterocycles. The standard InChI is InChI=1S/C16H16O2S/c1-11(10-12(2)17)13-5-7-14(8-6-13)16(18)15-4-3-9-19-15/h3-9,11H,10H2,1-2H3/t11-/m1/s1. The summed E-state index contributed by atoms with van der Waals surface area (Å²) >= 11 is 1.45. The fourth-order valence-electron chi connectivity index (χ4n) is 2.06. The van der Waals surface area contributed by atoms with Crippen molar-refractivity contribution in [3.63, 3.8) is 0 Å². The minimum Gasteiger partial charge on any atom is -0.300 e. The number of hydrogen-bond acceptors (Lipinski definition) is 3. The van der Waals surface area contributed by atoms with E-state index >= 15 is 0 Å². The SMILES string of the molecule is CC(=O)C[C@@H](C)c1ccc(C(=O)c2cccs2)cc1. The van der Waals surface area contributed by atoms with Gasteiger partial charge >= 0.3 is 0 Å². The number of benzene rings is 1. The van der Waals surface area contributed by atoms with Crippen molar-refractivity contribution >= 4 is 22.9 Å². The highest BCUT2D eigenvalue weighted by atomic mass is 32.1. The molecular weight excluding hydrogens is 256 g/mol. The number of thiophene rings is 1. The maximum Gasteiger partial charge on any atom is 0.202 e. The summed E-state index contributed by atoms with van der Waals surface area (Å²) in [5.74, 6) is 0.440. The molecule has 0 aliphatic rings. The van der Waals surface area contributed by atoms with E-state index in [0.29, 0.717) is 12.0 Å². The van der Waals surface area contributed by atoms with Gasteiger partial charge in [-0.3, -0.25) is 4.79 Å². The molecule has 0 bridgehead atoms. The van der Waals surface area contributed by atoms with Crippen LogP contribution in [0.3, 0.4) is 0 Å². The molecule has 1 atom stereocenters. The van der Waals surface area contributed by atoms with Crippen molar-refractivity contribution in [3.8, 4) is 0 Å². The van der Waals surface area contributed by atoms with E-state index in [-0.39, 0.29) is 17.5 Å². The van der Waals surface area contributed by atoms with E-state index in [4.69, 9.17) is 0 Å². The summed E-state index contributed by atoms with van der Waals surface area (Å²) in [4.78, 5) is 24.0. The molecule has 0 unspecified atom stereocenters. The molecule has 19 heavy (non-hydrogen) atoms. The largest absolute Gasteiger partial charge is 0.300 e. The molecular formula is C16H16O2S. The summed E-state index contributed by atoms with van der Waals surface area (Å²) in [7, 11) is 0. The second kappa shape index (κ2) is 5.93. The van der Waals surface area contributed by atoms with Gasteiger partial charge in [-0.25, -0.2) is 0 Å². The first-order valence-electron chi connectivity index (χ1n) is 6.25. The summed E-state index contributed by atoms with van der Waals surface area (Å²) < 4.78 is 0. The van der Waals surface area contributed by atoms with Crippen LogP contribution in [0.4, 0.5) is 0 Å². The zero-order valence-corrected chi connectivity index (χ0v) is 11.9. The Morgan fingerprint density at radius 3 is 2.37 bits per heavy atom. The zero-order chi connectivity index (χ0) is 13.8. The number of carbonyl (C=O) groups is 2. The van der Waals surface area contributed by atoms with Crippen molar-refractivity contribution in [1.82, 2.24) is 0 Å². The van der Waals surface area contributed by atoms with Crippen LogP contribution in [0.1, 0.15) is 47.0 Å². The molecule has 1 aromatic heterocycles. The highest BCUT2D eigenvalue weighted by molar-refractivity contribution is 7.12. The van der Waals surface area contributed by atoms with Crippen LogP contribution in [0.15, 0.2) is 41.8 Å². The van der Waals surface area contributed by atoms with Crippen LogP contribution in [-0.4, -0.2) is 11.6 Å². The van der Waals surface area contributed by atoms with Crippen molar-refractivity contribution < 1.29 is 9.59 Å². The Bertz CT molecular complexity index is 567. The normalized spacial score (nSPS) is 12.1. The molecule has 2 aromatic rings. The van der Waals surface area contributed by atoms with E-state index in [2.05, 4.69) is 0 Å². The fraction of sp³-hybridized carbons (Fsp3) is 0.250. The molecule has 2 rings (SSSR count). The first kappa shape index (κ1) is 13.7. The van der Waals surface area contributed by atoms with Gasteiger partial charge in [-0.1, -0.05) is 37.3 Å². The molecule has 98 valence electrons. The maximum atomic E-state index is 12.1. The van der Waals surface area contributed by atoms with Crippen LogP contribution in [0.2, 0.25) is 0 Å². The summed E-state index contributed by atoms with van der Waals surface area (Å²) in [6.45, 7) is 3.63. The summed E-state index contributed by atoms with van der Waals surface area (Å²) in [6, 6.07) is 11.3. The van der Waals surface area contributed by atoms with Crippen molar-refractivity contribution in [1.29, 1.82) is 0 Å². The van der Waals surface area contributed by atoms with Gasteiger partial charge in [0.15, 0.2) is 0 Å². The number of rotatable bonds is 5. The smallest absolute Gasteiger partial charge is 0.202 e. The number of Topliss-reactive ketones (excluding diaryl/α,β-unsaturated/α-hetero) is 1. The molecule has 0 N–H and O–H groups in total. The monoisotopic (exact) mass is 272 g/mol. The van der Waals surface area contributed by atoms with Gasteiger partial charge in [0.1, 0.15) is 5.78 Å². The first-order valence-corrected chi connectivity index (χ1v) is 7.13. The zero-order valence-electron chi connectivity index (χ0n) is 11.1. The lowest BCUT2D eigenvalue weighted by molar-refractivity contribution is -0.117. The van der Waals surface area contributed by atoms with E-state index < -0.39 is 0 Å². The lowest BCUT2D eigenvalue weighted by atomic mass is 9.94. The van der Waals surface area contributed by atoms with E-state index in [0.717, 1.165) is 10.4 Å². The molecule has 0 fully saturated rings. The molecule has 1 aromatic carbocycles. The number of ketones is 2. The Kier molecular flexibility index (Phi) is 4.27. The topological polar surface area (TPSA) is 34.1 Å². The minimum absolute atomic E-state index is 0.0563. The first-order chi connectivity index (χ1) is 9.08. The lowest BCUT2D eigenvalue weighted by Gasteiger charge is -2.10. The molecule has 0 spiro atoms. The van der Waals surface area contributed by atoms with Gasteiger partial charge in [-0.2, -0.15) is 0 Å². The van der Waals surface area contributed by atoms with Gasteiger partial charge in [-0.15, -0.1) is 11.3 Å². The van der Waals surface area contributed by atoms with Gasteiger partial charge in [0, 0.05) is 12.0 Å². The fourth-order valence-corrected chi connectivity index (χ4v) is 2.75. The predicted octanol–water partition coefficient (Wildman–Crippen LogP) is 4.06. The predicted molar refractivity (Wildman–Crippen MR) is 77.9 cm³/mol. The van der Waals surface area contributed by atoms with E-state index in [9.17, 15) is 9.59 Å². The van der Waals surface area contributed by atoms with Gasteiger partial charge in [0.2, 0.25) is 5.78 Å². The van der Waals surface area contributed by atoms with Gasteiger partial charge in [0.05, 0.1) is 4.88 Å². The van der Waals surface area contributed by atoms with Crippen molar-refractivity contribution in [2.24, 2.45) is 0 Å². The van der Waals surface area contributed by atoms with Crippen LogP contribution in [0, 0.1) is 0 Å². The van der Waals surface area contributed by atoms with Crippen molar-refractivity contribution in [3.05, 3.63) is 57.8 Å². The summed E-state index contributed by atoms with van der Waals surface area (Å²) in [5.41, 5.74) is 1.79. The van der Waals surface area contributed by atoms with Gasteiger partial charge < -0.3 is 4.79 Å². The highest BCUT2D eigenvalue weighted by Gasteiger charge is 2.12. The summed E-state index contributed by atoms with van der Waals surface area (Å²) in [6.07, 6.45) is 0.540. The van der Waals surface area contributed by atoms with Crippen LogP contribution in [0.25, 0.3) is 0 Å². The summed E-state index contributed by atoms with van der Waals surface area (Å²) in [5, 5.41) is 1.90. The third-order valence-electron chi connectivity index (χ3n) is 3.08. The van der Waals surface area contributed by atoms with Crippen LogP contribution in [0.5, 0.6) is 0 Å². The second-order valence-electron chi connectivity index (χ2n) is 4.74. The average molecular weight is 272 g/mol. The van der Waals surface area contributed by atoms with Crippen LogP contribution >= 0.6 is 11.3 Å². The number of hydrogen-bond donors (Lipinski definition) is 0. The van der Waals surface area contributed by atoms with E-state index in [1.807, 2.05) is 48.7 Å². The maximum absolute atomic E-state index is 12.1. The van der Waals surface area contributed by atoms with E-state index in [1.54, 1.807) is 6.92 Å². The molecule has 3 heteroatoms. The molecule has 0 aliphatic carbocycles. The molecule has 0 radical (unpaired) electrons. The van der Waals surface area contributed by atoms with Crippen molar-refractivity contribution in [2.75, 3.05) is 0 Å². The second-order valence-corrected chi connectivity index (χ2v) is 5.68. The third-order valence-corrected chi connectivity index (χ3v) is 3.95. The Hall–Kier alpha value is -1.74. The van der Waals surface area contributed by atoms with Crippen LogP contribution in [-0.2, 0) is 4.79 Å².